The summed E-state index contributed by atoms with van der Waals surface area (Å²) in [6.07, 6.45) is 5.13. The van der Waals surface area contributed by atoms with Crippen LogP contribution in [-0.4, -0.2) is 4.98 Å². The number of nitrogens with one attached hydrogen (secondary N) is 1. The maximum atomic E-state index is 11.5. The highest BCUT2D eigenvalue weighted by molar-refractivity contribution is 5.38. The summed E-state index contributed by atoms with van der Waals surface area (Å²) in [6, 6.07) is 1.65. The predicted octanol–water partition coefficient (Wildman–Crippen LogP) is 0.284. The van der Waals surface area contributed by atoms with Crippen LogP contribution >= 0.6 is 0 Å². The van der Waals surface area contributed by atoms with Crippen LogP contribution in [0.4, 0.5) is 0 Å². The van der Waals surface area contributed by atoms with Crippen molar-refractivity contribution < 1.29 is 0 Å². The van der Waals surface area contributed by atoms with Crippen LogP contribution in [0, 0.1) is 12.8 Å². The fraction of sp³-hybridized carbons (Fsp3) is 0.364. The van der Waals surface area contributed by atoms with E-state index in [0.29, 0.717) is 5.92 Å². The second-order valence-electron chi connectivity index (χ2n) is 3.73. The Hall–Kier alpha value is -1.31. The topological polar surface area (TPSA) is 32.9 Å². The standard InChI is InChI=1S/C11H13NO/c1-7-3-4-9-10(5-7)12-8(2)6-11(9)13/h4-7,12H,3H2,1-2H3/t7-/m1/s1. The maximum Gasteiger partial charge on any atom is 0.189 e. The van der Waals surface area contributed by atoms with Crippen LogP contribution in [0.15, 0.2) is 10.9 Å². The molecule has 1 N–H and O–H groups in total. The fourth-order valence-corrected chi connectivity index (χ4v) is 1.72. The minimum Gasteiger partial charge on any atom is -0.359 e. The van der Waals surface area contributed by atoms with Gasteiger partial charge in [-0.05, 0) is 19.3 Å². The van der Waals surface area contributed by atoms with E-state index in [2.05, 4.69) is 18.0 Å². The normalized spacial score (nSPS) is 20.0. The van der Waals surface area contributed by atoms with Crippen molar-refractivity contribution in [2.75, 3.05) is 0 Å². The molecule has 0 fully saturated rings. The summed E-state index contributed by atoms with van der Waals surface area (Å²) in [5.41, 5.74) is 1.07. The third-order valence-corrected chi connectivity index (χ3v) is 2.38. The van der Waals surface area contributed by atoms with Crippen molar-refractivity contribution in [3.8, 4) is 0 Å². The molecule has 68 valence electrons. The molecule has 0 saturated carbocycles. The molecular formula is C11H13NO. The Labute approximate surface area is 76.6 Å². The highest BCUT2D eigenvalue weighted by Crippen LogP contribution is 2.04. The van der Waals surface area contributed by atoms with Crippen LogP contribution in [0.1, 0.15) is 19.0 Å². The van der Waals surface area contributed by atoms with Crippen LogP contribution in [-0.2, 0) is 0 Å². The lowest BCUT2D eigenvalue weighted by Gasteiger charge is -2.07. The molecule has 0 aromatic carbocycles. The minimum atomic E-state index is 0.134. The van der Waals surface area contributed by atoms with Crippen molar-refractivity contribution in [2.45, 2.75) is 20.3 Å². The summed E-state index contributed by atoms with van der Waals surface area (Å²) < 4.78 is 0. The van der Waals surface area contributed by atoms with Crippen LogP contribution in [0.25, 0.3) is 12.2 Å². The molecule has 0 amide bonds. The monoisotopic (exact) mass is 175 g/mol. The van der Waals surface area contributed by atoms with Gasteiger partial charge in [-0.25, -0.2) is 0 Å². The van der Waals surface area contributed by atoms with Gasteiger partial charge in [0, 0.05) is 22.3 Å². The van der Waals surface area contributed by atoms with E-state index in [1.54, 1.807) is 6.07 Å². The first kappa shape index (κ1) is 8.30. The van der Waals surface area contributed by atoms with Gasteiger partial charge >= 0.3 is 0 Å². The van der Waals surface area contributed by atoms with Gasteiger partial charge < -0.3 is 4.98 Å². The van der Waals surface area contributed by atoms with Gasteiger partial charge in [0.25, 0.3) is 0 Å². The Morgan fingerprint density at radius 1 is 1.54 bits per heavy atom. The molecule has 2 heteroatoms. The third-order valence-electron chi connectivity index (χ3n) is 2.38. The van der Waals surface area contributed by atoms with Gasteiger partial charge in [-0.3, -0.25) is 4.79 Å². The van der Waals surface area contributed by atoms with Crippen molar-refractivity contribution in [1.82, 2.24) is 4.98 Å². The zero-order valence-corrected chi connectivity index (χ0v) is 7.92. The van der Waals surface area contributed by atoms with Gasteiger partial charge in [0.15, 0.2) is 5.43 Å². The van der Waals surface area contributed by atoms with Gasteiger partial charge in [0.1, 0.15) is 0 Å². The third kappa shape index (κ3) is 1.44. The van der Waals surface area contributed by atoms with E-state index in [1.165, 1.54) is 0 Å². The van der Waals surface area contributed by atoms with E-state index in [0.717, 1.165) is 22.7 Å². The number of rotatable bonds is 0. The first-order valence-electron chi connectivity index (χ1n) is 4.59. The van der Waals surface area contributed by atoms with E-state index >= 15 is 0 Å². The molecule has 2 rings (SSSR count). The quantitative estimate of drug-likeness (QED) is 0.603. The lowest BCUT2D eigenvalue weighted by Crippen LogP contribution is -2.43. The number of hydrogen-bond acceptors (Lipinski definition) is 1. The Bertz CT molecular complexity index is 496. The molecule has 1 aromatic rings. The zero-order chi connectivity index (χ0) is 9.42. The van der Waals surface area contributed by atoms with Crippen LogP contribution < -0.4 is 16.0 Å². The highest BCUT2D eigenvalue weighted by atomic mass is 16.1. The molecule has 0 aliphatic heterocycles. The predicted molar refractivity (Wildman–Crippen MR) is 53.8 cm³/mol. The van der Waals surface area contributed by atoms with E-state index in [-0.39, 0.29) is 5.43 Å². The summed E-state index contributed by atoms with van der Waals surface area (Å²) >= 11 is 0. The van der Waals surface area contributed by atoms with Crippen LogP contribution in [0.2, 0.25) is 0 Å². The molecule has 0 bridgehead atoms. The molecule has 2 nitrogen and oxygen atoms in total. The van der Waals surface area contributed by atoms with Crippen molar-refractivity contribution in [3.63, 3.8) is 0 Å². The first-order valence-corrected chi connectivity index (χ1v) is 4.59. The van der Waals surface area contributed by atoms with Crippen LogP contribution in [0.5, 0.6) is 0 Å². The Kier molecular flexibility index (Phi) is 1.83. The second kappa shape index (κ2) is 2.87. The van der Waals surface area contributed by atoms with Crippen molar-refractivity contribution in [1.29, 1.82) is 0 Å². The average Bonchev–Trinajstić information content (AvgIpc) is 2.02. The first-order chi connectivity index (χ1) is 6.16. The number of aromatic amines is 1. The van der Waals surface area contributed by atoms with Gasteiger partial charge in [0.05, 0.1) is 0 Å². The van der Waals surface area contributed by atoms with Gasteiger partial charge in [-0.15, -0.1) is 0 Å². The highest BCUT2D eigenvalue weighted by Gasteiger charge is 2.03. The lowest BCUT2D eigenvalue weighted by molar-refractivity contribution is 0.792. The number of aryl methyl sites for hydroxylation is 1. The van der Waals surface area contributed by atoms with Gasteiger partial charge in [0.2, 0.25) is 0 Å². The summed E-state index contributed by atoms with van der Waals surface area (Å²) in [4.78, 5) is 14.7. The summed E-state index contributed by atoms with van der Waals surface area (Å²) in [5.74, 6) is 0.532. The van der Waals surface area contributed by atoms with Gasteiger partial charge in [-0.1, -0.05) is 19.1 Å². The molecule has 1 aliphatic rings. The molecule has 1 aromatic heterocycles. The number of H-pyrrole nitrogens is 1. The molecule has 0 saturated heterocycles. The molecule has 1 heterocycles. The van der Waals surface area contributed by atoms with E-state index in [9.17, 15) is 4.79 Å². The SMILES string of the molecule is Cc1cc(=O)c2c([nH]1)=C[C@H](C)CC=2. The van der Waals surface area contributed by atoms with Crippen molar-refractivity contribution >= 4 is 12.2 Å². The number of pyridine rings is 1. The van der Waals surface area contributed by atoms with Crippen molar-refractivity contribution in [3.05, 3.63) is 32.6 Å². The molecule has 1 aliphatic carbocycles. The molecule has 1 atom stereocenters. The van der Waals surface area contributed by atoms with Crippen LogP contribution in [0.3, 0.4) is 0 Å². The van der Waals surface area contributed by atoms with E-state index in [1.807, 2.05) is 13.0 Å². The molecule has 0 unspecified atom stereocenters. The second-order valence-corrected chi connectivity index (χ2v) is 3.73. The van der Waals surface area contributed by atoms with E-state index in [4.69, 9.17) is 0 Å². The smallest absolute Gasteiger partial charge is 0.189 e. The molecule has 13 heavy (non-hydrogen) atoms. The summed E-state index contributed by atoms with van der Waals surface area (Å²) in [6.45, 7) is 4.06. The Morgan fingerprint density at radius 3 is 3.08 bits per heavy atom. The zero-order valence-electron chi connectivity index (χ0n) is 7.92. The van der Waals surface area contributed by atoms with E-state index < -0.39 is 0 Å². The maximum absolute atomic E-state index is 11.5. The largest absolute Gasteiger partial charge is 0.359 e. The fourth-order valence-electron chi connectivity index (χ4n) is 1.72. The van der Waals surface area contributed by atoms with Crippen molar-refractivity contribution in [2.24, 2.45) is 5.92 Å². The van der Waals surface area contributed by atoms with Gasteiger partial charge in [-0.2, -0.15) is 0 Å². The number of aromatic nitrogens is 1. The Balaban J connectivity index is 2.88. The lowest BCUT2D eigenvalue weighted by atomic mass is 10.0. The number of hydrogen-bond donors (Lipinski definition) is 1. The molecular weight excluding hydrogens is 162 g/mol. The number of fused-ring (bicyclic) bond motifs is 1. The summed E-state index contributed by atoms with van der Waals surface area (Å²) in [7, 11) is 0. The Morgan fingerprint density at radius 2 is 2.31 bits per heavy atom. The molecule has 0 radical (unpaired) electrons. The molecule has 0 spiro atoms. The average molecular weight is 175 g/mol. The summed E-state index contributed by atoms with van der Waals surface area (Å²) in [5, 5.41) is 1.83. The minimum absolute atomic E-state index is 0.134.